The molecule has 1 aromatic carbocycles. The molecule has 0 atom stereocenters. The van der Waals surface area contributed by atoms with Crippen LogP contribution in [0.4, 0.5) is 5.69 Å². The van der Waals surface area contributed by atoms with Crippen molar-refractivity contribution in [3.63, 3.8) is 0 Å². The minimum atomic E-state index is -1.04. The smallest absolute Gasteiger partial charge is 0.328 e. The van der Waals surface area contributed by atoms with Gasteiger partial charge in [-0.25, -0.2) is 4.79 Å². The molecule has 1 amide bonds. The molecule has 1 rings (SSSR count). The molecule has 0 heterocycles. The molecule has 0 bridgehead atoms. The molecule has 2 N–H and O–H groups in total. The first kappa shape index (κ1) is 16.0. The number of carbonyl (C=O) groups is 2. The third kappa shape index (κ3) is 4.59. The lowest BCUT2D eigenvalue weighted by Crippen LogP contribution is -2.35. The molecular weight excluding hydrogens is 280 g/mol. The van der Waals surface area contributed by atoms with Crippen molar-refractivity contribution in [2.24, 2.45) is 0 Å². The number of aliphatic carboxylic acids is 1. The van der Waals surface area contributed by atoms with E-state index in [0.29, 0.717) is 17.1 Å². The van der Waals surface area contributed by atoms with E-state index in [-0.39, 0.29) is 12.5 Å². The first-order valence-corrected chi connectivity index (χ1v) is 6.51. The van der Waals surface area contributed by atoms with Crippen LogP contribution in [0.25, 0.3) is 6.08 Å². The summed E-state index contributed by atoms with van der Waals surface area (Å²) in [6, 6.07) is 5.15. The Kier molecular flexibility index (Phi) is 6.06. The fourth-order valence-corrected chi connectivity index (χ4v) is 1.91. The van der Waals surface area contributed by atoms with Crippen molar-refractivity contribution in [3.8, 4) is 0 Å². The van der Waals surface area contributed by atoms with E-state index >= 15 is 0 Å². The van der Waals surface area contributed by atoms with Crippen LogP contribution in [0, 0.1) is 0 Å². The van der Waals surface area contributed by atoms with Gasteiger partial charge in [0.1, 0.15) is 0 Å². The van der Waals surface area contributed by atoms with Crippen molar-refractivity contribution in [3.05, 3.63) is 34.9 Å². The van der Waals surface area contributed by atoms with Crippen LogP contribution in [0.3, 0.4) is 0 Å². The van der Waals surface area contributed by atoms with Gasteiger partial charge in [0.2, 0.25) is 5.91 Å². The third-order valence-electron chi connectivity index (χ3n) is 2.73. The monoisotopic (exact) mass is 296 g/mol. The highest BCUT2D eigenvalue weighted by Crippen LogP contribution is 2.25. The van der Waals surface area contributed by atoms with Gasteiger partial charge in [0.15, 0.2) is 0 Å². The van der Waals surface area contributed by atoms with Crippen molar-refractivity contribution < 1.29 is 14.7 Å². The highest BCUT2D eigenvalue weighted by atomic mass is 35.5. The van der Waals surface area contributed by atoms with Crippen LogP contribution in [0.1, 0.15) is 12.5 Å². The quantitative estimate of drug-likeness (QED) is 0.788. The summed E-state index contributed by atoms with van der Waals surface area (Å²) in [5, 5.41) is 11.8. The SMILES string of the molecule is CCN(CC(=O)NC)c1ccc(Cl)cc1/C=C/C(=O)O. The van der Waals surface area contributed by atoms with Crippen LogP contribution in [0.2, 0.25) is 5.02 Å². The van der Waals surface area contributed by atoms with E-state index in [9.17, 15) is 9.59 Å². The molecule has 5 nitrogen and oxygen atoms in total. The lowest BCUT2D eigenvalue weighted by Gasteiger charge is -2.24. The van der Waals surface area contributed by atoms with E-state index in [1.54, 1.807) is 25.2 Å². The maximum absolute atomic E-state index is 11.5. The van der Waals surface area contributed by atoms with E-state index in [1.807, 2.05) is 11.8 Å². The topological polar surface area (TPSA) is 69.6 Å². The second kappa shape index (κ2) is 7.55. The Morgan fingerprint density at radius 3 is 2.70 bits per heavy atom. The zero-order chi connectivity index (χ0) is 15.1. The molecule has 0 unspecified atom stereocenters. The van der Waals surface area contributed by atoms with Gasteiger partial charge in [-0.3, -0.25) is 4.79 Å². The summed E-state index contributed by atoms with van der Waals surface area (Å²) in [4.78, 5) is 24.0. The second-order valence-electron chi connectivity index (χ2n) is 4.06. The minimum Gasteiger partial charge on any atom is -0.478 e. The first-order valence-electron chi connectivity index (χ1n) is 6.14. The molecule has 0 radical (unpaired) electrons. The van der Waals surface area contributed by atoms with Crippen molar-refractivity contribution in [2.45, 2.75) is 6.92 Å². The number of hydrogen-bond donors (Lipinski definition) is 2. The van der Waals surface area contributed by atoms with Gasteiger partial charge in [-0.2, -0.15) is 0 Å². The largest absolute Gasteiger partial charge is 0.478 e. The van der Waals surface area contributed by atoms with Gasteiger partial charge >= 0.3 is 5.97 Å². The molecule has 0 aromatic heterocycles. The Hall–Kier alpha value is -2.01. The van der Waals surface area contributed by atoms with Crippen LogP contribution in [0.5, 0.6) is 0 Å². The summed E-state index contributed by atoms with van der Waals surface area (Å²) in [6.45, 7) is 2.73. The molecular formula is C14H17ClN2O3. The van der Waals surface area contributed by atoms with Gasteiger partial charge in [-0.1, -0.05) is 11.6 Å². The minimum absolute atomic E-state index is 0.116. The van der Waals surface area contributed by atoms with E-state index in [2.05, 4.69) is 5.32 Å². The molecule has 0 saturated carbocycles. The number of benzene rings is 1. The lowest BCUT2D eigenvalue weighted by molar-refractivity contribution is -0.131. The van der Waals surface area contributed by atoms with Crippen LogP contribution < -0.4 is 10.2 Å². The molecule has 0 aliphatic heterocycles. The average Bonchev–Trinajstić information content (AvgIpc) is 2.42. The number of likely N-dealkylation sites (N-methyl/N-ethyl adjacent to an activating group) is 2. The standard InChI is InChI=1S/C14H17ClN2O3/c1-3-17(9-13(18)16-2)12-6-5-11(15)8-10(12)4-7-14(19)20/h4-8H,3,9H2,1-2H3,(H,16,18)(H,19,20)/b7-4+. The Morgan fingerprint density at radius 2 is 2.15 bits per heavy atom. The summed E-state index contributed by atoms with van der Waals surface area (Å²) in [6.07, 6.45) is 2.51. The summed E-state index contributed by atoms with van der Waals surface area (Å²) in [5.41, 5.74) is 1.42. The predicted molar refractivity (Wildman–Crippen MR) is 80.1 cm³/mol. The van der Waals surface area contributed by atoms with Crippen molar-refractivity contribution in [2.75, 3.05) is 25.0 Å². The molecule has 20 heavy (non-hydrogen) atoms. The normalized spacial score (nSPS) is 10.6. The summed E-state index contributed by atoms with van der Waals surface area (Å²) in [5.74, 6) is -1.15. The van der Waals surface area contributed by atoms with E-state index in [0.717, 1.165) is 11.8 Å². The van der Waals surface area contributed by atoms with E-state index in [4.69, 9.17) is 16.7 Å². The molecule has 1 aromatic rings. The van der Waals surface area contributed by atoms with Crippen molar-refractivity contribution in [1.82, 2.24) is 5.32 Å². The van der Waals surface area contributed by atoms with E-state index < -0.39 is 5.97 Å². The van der Waals surface area contributed by atoms with Crippen molar-refractivity contribution >= 4 is 35.2 Å². The Labute approximate surface area is 122 Å². The number of anilines is 1. The molecule has 108 valence electrons. The summed E-state index contributed by atoms with van der Waals surface area (Å²) in [7, 11) is 1.57. The van der Waals surface area contributed by atoms with Gasteiger partial charge in [-0.15, -0.1) is 0 Å². The van der Waals surface area contributed by atoms with Crippen LogP contribution in [-0.2, 0) is 9.59 Å². The number of halogens is 1. The zero-order valence-electron chi connectivity index (χ0n) is 11.4. The summed E-state index contributed by atoms with van der Waals surface area (Å²) >= 11 is 5.93. The maximum atomic E-state index is 11.5. The van der Waals surface area contributed by atoms with Crippen molar-refractivity contribution in [1.29, 1.82) is 0 Å². The maximum Gasteiger partial charge on any atom is 0.328 e. The lowest BCUT2D eigenvalue weighted by atomic mass is 10.1. The van der Waals surface area contributed by atoms with Gasteiger partial charge in [-0.05, 0) is 36.8 Å². The molecule has 6 heteroatoms. The highest BCUT2D eigenvalue weighted by molar-refractivity contribution is 6.30. The number of rotatable bonds is 6. The number of carboxylic acids is 1. The number of carboxylic acid groups (broad SMARTS) is 1. The van der Waals surface area contributed by atoms with Crippen LogP contribution in [0.15, 0.2) is 24.3 Å². The Balaban J connectivity index is 3.13. The first-order chi connectivity index (χ1) is 9.47. The zero-order valence-corrected chi connectivity index (χ0v) is 12.1. The number of amides is 1. The molecule has 0 spiro atoms. The number of nitrogens with one attached hydrogen (secondary N) is 1. The molecule has 0 fully saturated rings. The Bertz CT molecular complexity index is 529. The molecule has 0 aliphatic carbocycles. The van der Waals surface area contributed by atoms with Gasteiger partial charge in [0, 0.05) is 30.4 Å². The van der Waals surface area contributed by atoms with Gasteiger partial charge in [0.25, 0.3) is 0 Å². The summed E-state index contributed by atoms with van der Waals surface area (Å²) < 4.78 is 0. The van der Waals surface area contributed by atoms with E-state index in [1.165, 1.54) is 6.08 Å². The molecule has 0 saturated heterocycles. The molecule has 0 aliphatic rings. The van der Waals surface area contributed by atoms with Gasteiger partial charge in [0.05, 0.1) is 6.54 Å². The fourth-order valence-electron chi connectivity index (χ4n) is 1.73. The predicted octanol–water partition coefficient (Wildman–Crippen LogP) is 2.01. The second-order valence-corrected chi connectivity index (χ2v) is 4.50. The van der Waals surface area contributed by atoms with Crippen LogP contribution >= 0.6 is 11.6 Å². The third-order valence-corrected chi connectivity index (χ3v) is 2.97. The fraction of sp³-hybridized carbons (Fsp3) is 0.286. The Morgan fingerprint density at radius 1 is 1.45 bits per heavy atom. The average molecular weight is 297 g/mol. The number of nitrogens with zero attached hydrogens (tertiary/aromatic N) is 1. The number of carbonyl (C=O) groups excluding carboxylic acids is 1. The number of hydrogen-bond acceptors (Lipinski definition) is 3. The van der Waals surface area contributed by atoms with Gasteiger partial charge < -0.3 is 15.3 Å². The van der Waals surface area contributed by atoms with Crippen LogP contribution in [-0.4, -0.2) is 37.1 Å². The highest BCUT2D eigenvalue weighted by Gasteiger charge is 2.12.